The third-order valence-corrected chi connectivity index (χ3v) is 1.62. The zero-order chi connectivity index (χ0) is 12.8. The molecule has 92 valence electrons. The van der Waals surface area contributed by atoms with Gasteiger partial charge in [0.2, 0.25) is 0 Å². The van der Waals surface area contributed by atoms with Crippen LogP contribution in [-0.4, -0.2) is 25.2 Å². The minimum Gasteiger partial charge on any atom is -0.466 e. The van der Waals surface area contributed by atoms with Gasteiger partial charge in [0, 0.05) is 12.8 Å². The van der Waals surface area contributed by atoms with Gasteiger partial charge < -0.3 is 9.47 Å². The molecule has 0 aliphatic heterocycles. The van der Waals surface area contributed by atoms with Gasteiger partial charge in [0.25, 0.3) is 0 Å². The van der Waals surface area contributed by atoms with E-state index >= 15 is 0 Å². The van der Waals surface area contributed by atoms with Gasteiger partial charge in [0.05, 0.1) is 13.2 Å². The first kappa shape index (κ1) is 16.9. The number of esters is 2. The summed E-state index contributed by atoms with van der Waals surface area (Å²) < 4.78 is 9.48. The predicted octanol–water partition coefficient (Wildman–Crippen LogP) is 1.92. The van der Waals surface area contributed by atoms with Crippen LogP contribution in [0.2, 0.25) is 0 Å². The molecule has 0 fully saturated rings. The maximum absolute atomic E-state index is 10.9. The van der Waals surface area contributed by atoms with E-state index in [1.54, 1.807) is 13.8 Å². The second-order valence-corrected chi connectivity index (χ2v) is 2.82. The van der Waals surface area contributed by atoms with Crippen LogP contribution in [-0.2, 0) is 19.1 Å². The van der Waals surface area contributed by atoms with E-state index in [9.17, 15) is 9.59 Å². The van der Waals surface area contributed by atoms with Crippen LogP contribution in [0.4, 0.5) is 0 Å². The fraction of sp³-hybridized carbons (Fsp3) is 0.667. The van der Waals surface area contributed by atoms with Crippen molar-refractivity contribution in [1.29, 1.82) is 0 Å². The van der Waals surface area contributed by atoms with Crippen molar-refractivity contribution in [3.05, 3.63) is 0 Å². The Labute approximate surface area is 97.3 Å². The average molecular weight is 228 g/mol. The molecule has 4 heteroatoms. The second kappa shape index (κ2) is 13.5. The van der Waals surface area contributed by atoms with Crippen molar-refractivity contribution < 1.29 is 19.1 Å². The van der Waals surface area contributed by atoms with E-state index in [0.717, 1.165) is 0 Å². The van der Waals surface area contributed by atoms with E-state index in [1.807, 2.05) is 0 Å². The number of carbonyl (C=O) groups is 2. The third-order valence-electron chi connectivity index (χ3n) is 1.62. The zero-order valence-electron chi connectivity index (χ0n) is 10.0. The van der Waals surface area contributed by atoms with Crippen molar-refractivity contribution in [2.24, 2.45) is 0 Å². The number of rotatable bonds is 7. The molecule has 0 unspecified atom stereocenters. The number of carbonyl (C=O) groups excluding carboxylic acids is 2. The molecular weight excluding hydrogens is 208 g/mol. The Balaban J connectivity index is 0. The Morgan fingerprint density at radius 1 is 0.875 bits per heavy atom. The number of unbranched alkanes of at least 4 members (excludes halogenated alkanes) is 1. The molecule has 0 aromatic heterocycles. The molecule has 4 nitrogen and oxygen atoms in total. The topological polar surface area (TPSA) is 52.6 Å². The summed E-state index contributed by atoms with van der Waals surface area (Å²) in [4.78, 5) is 21.8. The average Bonchev–Trinajstić information content (AvgIpc) is 2.28. The van der Waals surface area contributed by atoms with Gasteiger partial charge in [-0.25, -0.2) is 0 Å². The lowest BCUT2D eigenvalue weighted by atomic mass is 10.2. The van der Waals surface area contributed by atoms with E-state index in [1.165, 1.54) is 0 Å². The number of ether oxygens (including phenoxy) is 2. The molecule has 0 heterocycles. The van der Waals surface area contributed by atoms with Gasteiger partial charge in [-0.1, -0.05) is 0 Å². The van der Waals surface area contributed by atoms with E-state index < -0.39 is 0 Å². The van der Waals surface area contributed by atoms with E-state index in [-0.39, 0.29) is 11.9 Å². The minimum atomic E-state index is -0.198. The summed E-state index contributed by atoms with van der Waals surface area (Å²) in [5.74, 6) is -0.396. The molecule has 0 rings (SSSR count). The number of terminal acetylenes is 1. The van der Waals surface area contributed by atoms with Gasteiger partial charge in [-0.05, 0) is 26.7 Å². The summed E-state index contributed by atoms with van der Waals surface area (Å²) in [6, 6.07) is 0. The van der Waals surface area contributed by atoms with Gasteiger partial charge in [0.15, 0.2) is 0 Å². The van der Waals surface area contributed by atoms with Gasteiger partial charge in [0.1, 0.15) is 0 Å². The fourth-order valence-electron chi connectivity index (χ4n) is 1.00. The monoisotopic (exact) mass is 228 g/mol. The minimum absolute atomic E-state index is 0.198. The highest BCUT2D eigenvalue weighted by molar-refractivity contribution is 5.70. The first-order chi connectivity index (χ1) is 7.70. The van der Waals surface area contributed by atoms with Gasteiger partial charge in [-0.15, -0.1) is 12.8 Å². The number of hydrogen-bond acceptors (Lipinski definition) is 4. The van der Waals surface area contributed by atoms with Crippen molar-refractivity contribution >= 4 is 11.9 Å². The van der Waals surface area contributed by atoms with Crippen LogP contribution in [0.5, 0.6) is 0 Å². The van der Waals surface area contributed by atoms with Crippen LogP contribution in [0.15, 0.2) is 0 Å². The molecule has 0 aromatic carbocycles. The summed E-state index contributed by atoms with van der Waals surface area (Å²) in [5.41, 5.74) is 0. The normalized spacial score (nSPS) is 8.50. The van der Waals surface area contributed by atoms with Crippen LogP contribution in [0.1, 0.15) is 39.5 Å². The Bertz CT molecular complexity index is 188. The SMILES string of the molecule is C#C.CCOC(=O)CCCCC(=O)OCC. The largest absolute Gasteiger partial charge is 0.466 e. The van der Waals surface area contributed by atoms with E-state index in [0.29, 0.717) is 38.9 Å². The Morgan fingerprint density at radius 3 is 1.44 bits per heavy atom. The molecule has 0 radical (unpaired) electrons. The second-order valence-electron chi connectivity index (χ2n) is 2.82. The molecule has 0 N–H and O–H groups in total. The highest BCUT2D eigenvalue weighted by atomic mass is 16.5. The summed E-state index contributed by atoms with van der Waals surface area (Å²) in [6.45, 7) is 4.38. The smallest absolute Gasteiger partial charge is 0.305 e. The molecule has 0 atom stereocenters. The molecular formula is C12H20O4. The quantitative estimate of drug-likeness (QED) is 0.379. The van der Waals surface area contributed by atoms with Crippen molar-refractivity contribution in [2.75, 3.05) is 13.2 Å². The first-order valence-corrected chi connectivity index (χ1v) is 5.35. The molecule has 0 amide bonds. The maximum Gasteiger partial charge on any atom is 0.305 e. The van der Waals surface area contributed by atoms with Gasteiger partial charge in [-0.2, -0.15) is 0 Å². The van der Waals surface area contributed by atoms with Crippen LogP contribution in [0.25, 0.3) is 0 Å². The van der Waals surface area contributed by atoms with E-state index in [2.05, 4.69) is 12.8 Å². The Kier molecular flexibility index (Phi) is 14.3. The Morgan fingerprint density at radius 2 is 1.19 bits per heavy atom. The van der Waals surface area contributed by atoms with Crippen LogP contribution >= 0.6 is 0 Å². The molecule has 0 bridgehead atoms. The van der Waals surface area contributed by atoms with Gasteiger partial charge >= 0.3 is 11.9 Å². The first-order valence-electron chi connectivity index (χ1n) is 5.35. The molecule has 0 aliphatic carbocycles. The van der Waals surface area contributed by atoms with Crippen molar-refractivity contribution in [3.63, 3.8) is 0 Å². The standard InChI is InChI=1S/C10H18O4.C2H2/c1-3-13-9(11)7-5-6-8-10(12)14-4-2;1-2/h3-8H2,1-2H3;1-2H. The zero-order valence-corrected chi connectivity index (χ0v) is 10.0. The molecule has 0 aromatic rings. The molecule has 0 aliphatic rings. The van der Waals surface area contributed by atoms with Crippen molar-refractivity contribution in [2.45, 2.75) is 39.5 Å². The molecule has 0 saturated heterocycles. The molecule has 0 spiro atoms. The summed E-state index contributed by atoms with van der Waals surface area (Å²) in [6.07, 6.45) is 10.1. The van der Waals surface area contributed by atoms with Gasteiger partial charge in [-0.3, -0.25) is 9.59 Å². The molecule has 0 saturated carbocycles. The summed E-state index contributed by atoms with van der Waals surface area (Å²) in [5, 5.41) is 0. The lowest BCUT2D eigenvalue weighted by Gasteiger charge is -2.02. The molecule has 16 heavy (non-hydrogen) atoms. The Hall–Kier alpha value is -1.50. The maximum atomic E-state index is 10.9. The van der Waals surface area contributed by atoms with Crippen LogP contribution in [0.3, 0.4) is 0 Å². The van der Waals surface area contributed by atoms with Crippen molar-refractivity contribution in [3.8, 4) is 12.8 Å². The lowest BCUT2D eigenvalue weighted by molar-refractivity contribution is -0.145. The highest BCUT2D eigenvalue weighted by Gasteiger charge is 2.04. The highest BCUT2D eigenvalue weighted by Crippen LogP contribution is 2.02. The lowest BCUT2D eigenvalue weighted by Crippen LogP contribution is -2.06. The summed E-state index contributed by atoms with van der Waals surface area (Å²) >= 11 is 0. The third kappa shape index (κ3) is 12.5. The summed E-state index contributed by atoms with van der Waals surface area (Å²) in [7, 11) is 0. The predicted molar refractivity (Wildman–Crippen MR) is 61.6 cm³/mol. The number of hydrogen-bond donors (Lipinski definition) is 0. The van der Waals surface area contributed by atoms with Crippen LogP contribution in [0, 0.1) is 12.8 Å². The fourth-order valence-corrected chi connectivity index (χ4v) is 1.00. The van der Waals surface area contributed by atoms with Crippen molar-refractivity contribution in [1.82, 2.24) is 0 Å². The van der Waals surface area contributed by atoms with Crippen LogP contribution < -0.4 is 0 Å². The van der Waals surface area contributed by atoms with E-state index in [4.69, 9.17) is 9.47 Å².